The number of methoxy groups -OCH3 is 1. The van der Waals surface area contributed by atoms with Crippen LogP contribution in [0.1, 0.15) is 30.1 Å². The van der Waals surface area contributed by atoms with Crippen LogP contribution in [0.5, 0.6) is 5.75 Å². The van der Waals surface area contributed by atoms with E-state index in [1.54, 1.807) is 43.2 Å². The van der Waals surface area contributed by atoms with Gasteiger partial charge in [0.2, 0.25) is 0 Å². The highest BCUT2D eigenvalue weighted by Gasteiger charge is 2.39. The lowest BCUT2D eigenvalue weighted by Crippen LogP contribution is -2.48. The van der Waals surface area contributed by atoms with E-state index in [1.807, 2.05) is 0 Å². The van der Waals surface area contributed by atoms with Crippen molar-refractivity contribution in [3.63, 3.8) is 0 Å². The molecule has 0 bridgehead atoms. The molecule has 0 aliphatic carbocycles. The number of rotatable bonds is 3. The average molecular weight is 277 g/mol. The molecule has 0 radical (unpaired) electrons. The third kappa shape index (κ3) is 2.76. The molecule has 1 aromatic rings. The number of carbonyl (C=O) groups excluding carboxylic acids is 1. The first-order chi connectivity index (χ1) is 9.46. The molecule has 0 spiro atoms. The zero-order valence-electron chi connectivity index (χ0n) is 11.8. The van der Waals surface area contributed by atoms with E-state index in [9.17, 15) is 14.7 Å². The molecule has 0 aromatic heterocycles. The van der Waals surface area contributed by atoms with Crippen molar-refractivity contribution in [1.82, 2.24) is 4.90 Å². The van der Waals surface area contributed by atoms with E-state index in [2.05, 4.69) is 0 Å². The number of piperidine rings is 1. The fourth-order valence-electron chi connectivity index (χ4n) is 2.50. The molecule has 108 valence electrons. The SMILES string of the molecule is COc1ccc(C(=O)N2CCCC(C)(C(=O)O)C2)cc1. The van der Waals surface area contributed by atoms with Gasteiger partial charge in [0.05, 0.1) is 12.5 Å². The quantitative estimate of drug-likeness (QED) is 0.918. The summed E-state index contributed by atoms with van der Waals surface area (Å²) in [6.45, 7) is 2.56. The van der Waals surface area contributed by atoms with Crippen LogP contribution < -0.4 is 4.74 Å². The van der Waals surface area contributed by atoms with Crippen LogP contribution in [0.15, 0.2) is 24.3 Å². The van der Waals surface area contributed by atoms with Crippen molar-refractivity contribution in [2.24, 2.45) is 5.41 Å². The Kier molecular flexibility index (Phi) is 3.97. The second-order valence-electron chi connectivity index (χ2n) is 5.42. The standard InChI is InChI=1S/C15H19NO4/c1-15(14(18)19)8-3-9-16(10-15)13(17)11-4-6-12(20-2)7-5-11/h4-7H,3,8-10H2,1-2H3,(H,18,19). The van der Waals surface area contributed by atoms with Gasteiger partial charge in [-0.25, -0.2) is 0 Å². The molecule has 1 amide bonds. The Morgan fingerprint density at radius 2 is 1.95 bits per heavy atom. The lowest BCUT2D eigenvalue weighted by Gasteiger charge is -2.37. The molecule has 1 fully saturated rings. The molecule has 5 nitrogen and oxygen atoms in total. The van der Waals surface area contributed by atoms with Gasteiger partial charge in [0.1, 0.15) is 5.75 Å². The fraction of sp³-hybridized carbons (Fsp3) is 0.467. The molecule has 20 heavy (non-hydrogen) atoms. The van der Waals surface area contributed by atoms with Gasteiger partial charge in [0.25, 0.3) is 5.91 Å². The molecular weight excluding hydrogens is 258 g/mol. The van der Waals surface area contributed by atoms with E-state index < -0.39 is 11.4 Å². The first kappa shape index (κ1) is 14.4. The van der Waals surface area contributed by atoms with E-state index in [0.717, 1.165) is 0 Å². The second kappa shape index (κ2) is 5.53. The maximum Gasteiger partial charge on any atom is 0.311 e. The summed E-state index contributed by atoms with van der Waals surface area (Å²) in [4.78, 5) is 25.3. The highest BCUT2D eigenvalue weighted by atomic mass is 16.5. The van der Waals surface area contributed by atoms with Crippen LogP contribution in [0.2, 0.25) is 0 Å². The number of hydrogen-bond donors (Lipinski definition) is 1. The summed E-state index contributed by atoms with van der Waals surface area (Å²) in [6.07, 6.45) is 1.32. The van der Waals surface area contributed by atoms with Crippen LogP contribution in [0.3, 0.4) is 0 Å². The Labute approximate surface area is 118 Å². The van der Waals surface area contributed by atoms with Crippen LogP contribution in [-0.2, 0) is 4.79 Å². The number of carboxylic acids is 1. The summed E-state index contributed by atoms with van der Waals surface area (Å²) in [6, 6.07) is 6.86. The Bertz CT molecular complexity index is 511. The molecule has 1 aliphatic heterocycles. The van der Waals surface area contributed by atoms with Crippen molar-refractivity contribution in [2.45, 2.75) is 19.8 Å². The molecule has 1 saturated heterocycles. The average Bonchev–Trinajstić information content (AvgIpc) is 2.46. The van der Waals surface area contributed by atoms with E-state index in [-0.39, 0.29) is 12.5 Å². The van der Waals surface area contributed by atoms with Gasteiger partial charge in [-0.1, -0.05) is 0 Å². The normalized spacial score (nSPS) is 22.4. The second-order valence-corrected chi connectivity index (χ2v) is 5.42. The van der Waals surface area contributed by atoms with Crippen LogP contribution >= 0.6 is 0 Å². The number of aliphatic carboxylic acids is 1. The van der Waals surface area contributed by atoms with Crippen molar-refractivity contribution in [1.29, 1.82) is 0 Å². The van der Waals surface area contributed by atoms with Crippen molar-refractivity contribution in [3.8, 4) is 5.75 Å². The van der Waals surface area contributed by atoms with Crippen molar-refractivity contribution < 1.29 is 19.4 Å². The van der Waals surface area contributed by atoms with Gasteiger partial charge in [-0.2, -0.15) is 0 Å². The Balaban J connectivity index is 2.14. The minimum Gasteiger partial charge on any atom is -0.497 e. The molecule has 1 unspecified atom stereocenters. The zero-order valence-corrected chi connectivity index (χ0v) is 11.8. The Morgan fingerprint density at radius 1 is 1.30 bits per heavy atom. The predicted octanol–water partition coefficient (Wildman–Crippen LogP) is 2.02. The summed E-state index contributed by atoms with van der Waals surface area (Å²) >= 11 is 0. The van der Waals surface area contributed by atoms with E-state index in [4.69, 9.17) is 4.74 Å². The molecule has 5 heteroatoms. The number of carbonyl (C=O) groups is 2. The maximum absolute atomic E-state index is 12.4. The van der Waals surface area contributed by atoms with E-state index in [1.165, 1.54) is 0 Å². The molecular formula is C15H19NO4. The van der Waals surface area contributed by atoms with Crippen LogP contribution in [-0.4, -0.2) is 42.1 Å². The minimum atomic E-state index is -0.847. The number of benzene rings is 1. The topological polar surface area (TPSA) is 66.8 Å². The Hall–Kier alpha value is -2.04. The molecule has 0 saturated carbocycles. The summed E-state index contributed by atoms with van der Waals surface area (Å²) in [5.41, 5.74) is -0.291. The zero-order chi connectivity index (χ0) is 14.8. The van der Waals surface area contributed by atoms with E-state index >= 15 is 0 Å². The third-order valence-corrected chi connectivity index (χ3v) is 3.84. The maximum atomic E-state index is 12.4. The van der Waals surface area contributed by atoms with Gasteiger partial charge >= 0.3 is 5.97 Å². The molecule has 1 aromatic carbocycles. The number of ether oxygens (including phenoxy) is 1. The smallest absolute Gasteiger partial charge is 0.311 e. The van der Waals surface area contributed by atoms with Crippen molar-refractivity contribution in [3.05, 3.63) is 29.8 Å². The molecule has 2 rings (SSSR count). The van der Waals surface area contributed by atoms with Crippen LogP contribution in [0, 0.1) is 5.41 Å². The first-order valence-electron chi connectivity index (χ1n) is 6.63. The van der Waals surface area contributed by atoms with Gasteiger partial charge in [-0.15, -0.1) is 0 Å². The molecule has 1 atom stereocenters. The predicted molar refractivity (Wildman–Crippen MR) is 73.9 cm³/mol. The summed E-state index contributed by atoms with van der Waals surface area (Å²) < 4.78 is 5.06. The molecule has 1 heterocycles. The van der Waals surface area contributed by atoms with Crippen molar-refractivity contribution >= 4 is 11.9 Å². The number of hydrogen-bond acceptors (Lipinski definition) is 3. The molecule has 1 N–H and O–H groups in total. The van der Waals surface area contributed by atoms with Crippen molar-refractivity contribution in [2.75, 3.05) is 20.2 Å². The number of amides is 1. The number of nitrogens with zero attached hydrogens (tertiary/aromatic N) is 1. The van der Waals surface area contributed by atoms with Gasteiger partial charge in [-0.05, 0) is 44.0 Å². The minimum absolute atomic E-state index is 0.125. The summed E-state index contributed by atoms with van der Waals surface area (Å²) in [7, 11) is 1.57. The highest BCUT2D eigenvalue weighted by molar-refractivity contribution is 5.94. The third-order valence-electron chi connectivity index (χ3n) is 3.84. The number of carboxylic acid groups (broad SMARTS) is 1. The van der Waals surface area contributed by atoms with Crippen LogP contribution in [0.4, 0.5) is 0 Å². The fourth-order valence-corrected chi connectivity index (χ4v) is 2.50. The largest absolute Gasteiger partial charge is 0.497 e. The monoisotopic (exact) mass is 277 g/mol. The summed E-state index contributed by atoms with van der Waals surface area (Å²) in [5, 5.41) is 9.28. The Morgan fingerprint density at radius 3 is 2.50 bits per heavy atom. The van der Waals surface area contributed by atoms with Gasteiger partial charge < -0.3 is 14.7 Å². The number of likely N-dealkylation sites (tertiary alicyclic amines) is 1. The highest BCUT2D eigenvalue weighted by Crippen LogP contribution is 2.30. The van der Waals surface area contributed by atoms with Crippen LogP contribution in [0.25, 0.3) is 0 Å². The van der Waals surface area contributed by atoms with Gasteiger partial charge in [-0.3, -0.25) is 9.59 Å². The van der Waals surface area contributed by atoms with Gasteiger partial charge in [0, 0.05) is 18.7 Å². The van der Waals surface area contributed by atoms with Gasteiger partial charge in [0.15, 0.2) is 0 Å². The van der Waals surface area contributed by atoms with E-state index in [0.29, 0.717) is 30.7 Å². The molecule has 1 aliphatic rings. The lowest BCUT2D eigenvalue weighted by molar-refractivity contribution is -0.150. The summed E-state index contributed by atoms with van der Waals surface area (Å²) in [5.74, 6) is -0.278. The first-order valence-corrected chi connectivity index (χ1v) is 6.63. The lowest BCUT2D eigenvalue weighted by atomic mass is 9.82.